The quantitative estimate of drug-likeness (QED) is 0.475. The Labute approximate surface area is 208 Å². The van der Waals surface area contributed by atoms with Gasteiger partial charge in [-0.1, -0.05) is 12.1 Å². The van der Waals surface area contributed by atoms with Gasteiger partial charge in [0.05, 0.1) is 13.2 Å². The zero-order valence-electron chi connectivity index (χ0n) is 19.7. The number of hydrogen-bond acceptors (Lipinski definition) is 8. The zero-order chi connectivity index (χ0) is 25.2. The van der Waals surface area contributed by atoms with E-state index in [1.54, 1.807) is 30.9 Å². The molecular formula is C26H30F2N4O4. The molecule has 8 nitrogen and oxygen atoms in total. The summed E-state index contributed by atoms with van der Waals surface area (Å²) in [6, 6.07) is 10.5. The maximum Gasteiger partial charge on any atom is 0.168 e. The molecule has 3 aromatic rings. The van der Waals surface area contributed by atoms with Crippen LogP contribution in [0.5, 0.6) is 5.75 Å². The molecule has 2 saturated heterocycles. The molecule has 1 aromatic carbocycles. The standard InChI is InChI=1S/C16H16F2N2O2.C10H14N2O2/c17-12-3-4-14(13(18)8-12)22-16(11-2-1-5-19-9-11)15-10-20-6-7-21-15;13-10(8-2-1-3-11-6-8)9-7-12-4-5-14-9/h1-5,8-9,15-16,20H,6-7,10H2;1-3,6,9-10,12-13H,4-5,7H2/t15-,16+;/m1./s1. The average Bonchev–Trinajstić information content (AvgIpc) is 2.94. The van der Waals surface area contributed by atoms with Crippen molar-refractivity contribution in [3.05, 3.63) is 90.0 Å². The first-order chi connectivity index (χ1) is 17.6. The monoisotopic (exact) mass is 500 g/mol. The second-order valence-corrected chi connectivity index (χ2v) is 8.36. The van der Waals surface area contributed by atoms with Crippen LogP contribution in [0.25, 0.3) is 0 Å². The highest BCUT2D eigenvalue weighted by molar-refractivity contribution is 5.27. The third-order valence-electron chi connectivity index (χ3n) is 5.79. The minimum Gasteiger partial charge on any atom is -0.480 e. The zero-order valence-corrected chi connectivity index (χ0v) is 19.7. The molecule has 5 rings (SSSR count). The normalized spacial score (nSPS) is 21.5. The Morgan fingerprint density at radius 1 is 0.889 bits per heavy atom. The maximum atomic E-state index is 13.9. The molecular weight excluding hydrogens is 470 g/mol. The number of hydrogen-bond donors (Lipinski definition) is 3. The van der Waals surface area contributed by atoms with Crippen LogP contribution in [0.4, 0.5) is 8.78 Å². The van der Waals surface area contributed by atoms with Crippen LogP contribution in [0.3, 0.4) is 0 Å². The van der Waals surface area contributed by atoms with Gasteiger partial charge in [0.2, 0.25) is 0 Å². The van der Waals surface area contributed by atoms with Gasteiger partial charge in [0.15, 0.2) is 17.7 Å². The number of ether oxygens (including phenoxy) is 3. The van der Waals surface area contributed by atoms with Gasteiger partial charge in [-0.05, 0) is 24.3 Å². The number of benzene rings is 1. The summed E-state index contributed by atoms with van der Waals surface area (Å²) < 4.78 is 43.8. The van der Waals surface area contributed by atoms with Crippen LogP contribution in [0.1, 0.15) is 23.3 Å². The first-order valence-electron chi connectivity index (χ1n) is 11.9. The van der Waals surface area contributed by atoms with Crippen molar-refractivity contribution in [2.45, 2.75) is 24.4 Å². The minimum atomic E-state index is -0.738. The molecule has 192 valence electrons. The lowest BCUT2D eigenvalue weighted by molar-refractivity contribution is -0.0537. The smallest absolute Gasteiger partial charge is 0.168 e. The van der Waals surface area contributed by atoms with E-state index in [4.69, 9.17) is 14.2 Å². The van der Waals surface area contributed by atoms with E-state index in [0.29, 0.717) is 26.3 Å². The van der Waals surface area contributed by atoms with E-state index in [0.717, 1.165) is 30.3 Å². The third kappa shape index (κ3) is 7.25. The molecule has 2 unspecified atom stereocenters. The Morgan fingerprint density at radius 3 is 2.08 bits per heavy atom. The number of aliphatic hydroxyl groups excluding tert-OH is 1. The molecule has 0 radical (unpaired) electrons. The Balaban J connectivity index is 0.000000187. The van der Waals surface area contributed by atoms with Gasteiger partial charge < -0.3 is 30.0 Å². The number of morpholine rings is 2. The lowest BCUT2D eigenvalue weighted by atomic mass is 10.1. The molecule has 0 amide bonds. The number of pyridine rings is 2. The molecule has 0 aliphatic carbocycles. The predicted octanol–water partition coefficient (Wildman–Crippen LogP) is 2.57. The van der Waals surface area contributed by atoms with Gasteiger partial charge in [-0.25, -0.2) is 8.78 Å². The summed E-state index contributed by atoms with van der Waals surface area (Å²) in [6.07, 6.45) is 5.12. The lowest BCUT2D eigenvalue weighted by Crippen LogP contribution is -2.43. The lowest BCUT2D eigenvalue weighted by Gasteiger charge is -2.31. The Kier molecular flexibility index (Phi) is 9.65. The van der Waals surface area contributed by atoms with Crippen LogP contribution >= 0.6 is 0 Å². The van der Waals surface area contributed by atoms with Gasteiger partial charge in [-0.3, -0.25) is 9.97 Å². The van der Waals surface area contributed by atoms with Crippen molar-refractivity contribution in [2.24, 2.45) is 0 Å². The first-order valence-corrected chi connectivity index (χ1v) is 11.9. The van der Waals surface area contributed by atoms with E-state index in [9.17, 15) is 13.9 Å². The van der Waals surface area contributed by atoms with Crippen molar-refractivity contribution < 1.29 is 28.1 Å². The SMILES string of the molecule is Fc1ccc(O[C@@H](c2cccnc2)[C@H]2CNCCO2)c(F)c1.OC(c1cccnc1)C1CNCCO1. The van der Waals surface area contributed by atoms with E-state index >= 15 is 0 Å². The highest BCUT2D eigenvalue weighted by Crippen LogP contribution is 2.29. The van der Waals surface area contributed by atoms with Crippen LogP contribution in [0.2, 0.25) is 0 Å². The molecule has 0 spiro atoms. The minimum absolute atomic E-state index is 0.00979. The first kappa shape index (κ1) is 26.1. The van der Waals surface area contributed by atoms with Crippen LogP contribution in [-0.2, 0) is 9.47 Å². The molecule has 0 saturated carbocycles. The number of aromatic nitrogens is 2. The second kappa shape index (κ2) is 13.3. The van der Waals surface area contributed by atoms with Crippen LogP contribution in [0, 0.1) is 11.6 Å². The molecule has 2 aromatic heterocycles. The summed E-state index contributed by atoms with van der Waals surface area (Å²) in [7, 11) is 0. The molecule has 0 bridgehead atoms. The molecule has 3 N–H and O–H groups in total. The number of rotatable bonds is 6. The highest BCUT2D eigenvalue weighted by Gasteiger charge is 2.29. The Bertz CT molecular complexity index is 1050. The molecule has 2 aliphatic heterocycles. The third-order valence-corrected chi connectivity index (χ3v) is 5.79. The summed E-state index contributed by atoms with van der Waals surface area (Å²) in [5, 5.41) is 16.3. The summed E-state index contributed by atoms with van der Waals surface area (Å²) in [6.45, 7) is 4.11. The average molecular weight is 501 g/mol. The maximum absolute atomic E-state index is 13.9. The molecule has 4 atom stereocenters. The Hall–Kier alpha value is -3.02. The summed E-state index contributed by atoms with van der Waals surface area (Å²) >= 11 is 0. The van der Waals surface area contributed by atoms with Crippen molar-refractivity contribution in [1.82, 2.24) is 20.6 Å². The van der Waals surface area contributed by atoms with Crippen molar-refractivity contribution >= 4 is 0 Å². The van der Waals surface area contributed by atoms with Crippen molar-refractivity contribution in [2.75, 3.05) is 39.4 Å². The fraction of sp³-hybridized carbons (Fsp3) is 0.385. The van der Waals surface area contributed by atoms with Gasteiger partial charge in [-0.15, -0.1) is 0 Å². The predicted molar refractivity (Wildman–Crippen MR) is 128 cm³/mol. The largest absolute Gasteiger partial charge is 0.480 e. The topological polar surface area (TPSA) is 97.8 Å². The van der Waals surface area contributed by atoms with E-state index < -0.39 is 23.8 Å². The van der Waals surface area contributed by atoms with E-state index in [2.05, 4.69) is 20.6 Å². The molecule has 10 heteroatoms. The van der Waals surface area contributed by atoms with Crippen LogP contribution < -0.4 is 15.4 Å². The highest BCUT2D eigenvalue weighted by atomic mass is 19.1. The number of nitrogens with zero attached hydrogens (tertiary/aromatic N) is 2. The van der Waals surface area contributed by atoms with Gasteiger partial charge in [0.25, 0.3) is 0 Å². The number of nitrogens with one attached hydrogen (secondary N) is 2. The van der Waals surface area contributed by atoms with Crippen LogP contribution in [-0.4, -0.2) is 66.7 Å². The van der Waals surface area contributed by atoms with E-state index in [1.807, 2.05) is 18.2 Å². The van der Waals surface area contributed by atoms with Crippen LogP contribution in [0.15, 0.2) is 67.3 Å². The molecule has 36 heavy (non-hydrogen) atoms. The molecule has 2 fully saturated rings. The number of halogens is 2. The van der Waals surface area contributed by atoms with Gasteiger partial charge >= 0.3 is 0 Å². The second-order valence-electron chi connectivity index (χ2n) is 8.36. The van der Waals surface area contributed by atoms with Gasteiger partial charge in [0.1, 0.15) is 24.1 Å². The summed E-state index contributed by atoms with van der Waals surface area (Å²) in [4.78, 5) is 8.03. The number of aliphatic hydroxyl groups is 1. The van der Waals surface area contributed by atoms with E-state index in [1.165, 1.54) is 12.1 Å². The van der Waals surface area contributed by atoms with Crippen molar-refractivity contribution in [1.29, 1.82) is 0 Å². The van der Waals surface area contributed by atoms with Crippen molar-refractivity contribution in [3.8, 4) is 5.75 Å². The summed E-state index contributed by atoms with van der Waals surface area (Å²) in [5.74, 6) is -1.39. The fourth-order valence-corrected chi connectivity index (χ4v) is 3.94. The van der Waals surface area contributed by atoms with Crippen molar-refractivity contribution in [3.63, 3.8) is 0 Å². The van der Waals surface area contributed by atoms with E-state index in [-0.39, 0.29) is 18.0 Å². The molecule has 4 heterocycles. The fourth-order valence-electron chi connectivity index (χ4n) is 3.94. The Morgan fingerprint density at radius 2 is 1.53 bits per heavy atom. The summed E-state index contributed by atoms with van der Waals surface area (Å²) in [5.41, 5.74) is 1.58. The van der Waals surface area contributed by atoms with Gasteiger partial charge in [-0.2, -0.15) is 0 Å². The molecule has 2 aliphatic rings. The van der Waals surface area contributed by atoms with Gasteiger partial charge in [0, 0.05) is 68.2 Å².